The molecule has 0 spiro atoms. The number of hydrogen-bond donors (Lipinski definition) is 2. The summed E-state index contributed by atoms with van der Waals surface area (Å²) in [5.41, 5.74) is 6.89. The third-order valence-corrected chi connectivity index (χ3v) is 3.57. The first-order valence-electron chi connectivity index (χ1n) is 5.45. The number of aromatic nitrogens is 4. The van der Waals surface area contributed by atoms with Crippen molar-refractivity contribution in [2.24, 2.45) is 0 Å². The maximum absolute atomic E-state index is 11.6. The largest absolute Gasteiger partial charge is 0.398 e. The van der Waals surface area contributed by atoms with Crippen molar-refractivity contribution in [1.29, 1.82) is 0 Å². The zero-order valence-corrected chi connectivity index (χ0v) is 10.5. The van der Waals surface area contributed by atoms with Gasteiger partial charge in [0.1, 0.15) is 11.4 Å². The predicted octanol–water partition coefficient (Wildman–Crippen LogP) is 1.45. The molecule has 0 aliphatic carbocycles. The molecule has 0 bridgehead atoms. The summed E-state index contributed by atoms with van der Waals surface area (Å²) in [7, 11) is 0. The molecule has 19 heavy (non-hydrogen) atoms. The van der Waals surface area contributed by atoms with Crippen molar-refractivity contribution >= 4 is 28.4 Å². The van der Waals surface area contributed by atoms with Crippen LogP contribution in [0.5, 0.6) is 0 Å². The quantitative estimate of drug-likeness (QED) is 0.540. The highest BCUT2D eigenvalue weighted by molar-refractivity contribution is 7.99. The van der Waals surface area contributed by atoms with Gasteiger partial charge in [-0.15, -0.1) is 0 Å². The van der Waals surface area contributed by atoms with Gasteiger partial charge in [-0.3, -0.25) is 4.79 Å². The van der Waals surface area contributed by atoms with Gasteiger partial charge in [-0.1, -0.05) is 11.8 Å². The van der Waals surface area contributed by atoms with Crippen molar-refractivity contribution < 1.29 is 0 Å². The lowest BCUT2D eigenvalue weighted by atomic mass is 10.2. The number of fused-ring (bicyclic) bond motifs is 1. The number of hydrogen-bond acceptors (Lipinski definition) is 6. The lowest BCUT2D eigenvalue weighted by molar-refractivity contribution is 1.05. The van der Waals surface area contributed by atoms with Crippen LogP contribution < -0.4 is 11.3 Å². The Balaban J connectivity index is 2.10. The fraction of sp³-hybridized carbons (Fsp3) is 0. The molecule has 6 nitrogen and oxygen atoms in total. The smallest absolute Gasteiger partial charge is 0.258 e. The van der Waals surface area contributed by atoms with Crippen molar-refractivity contribution in [3.8, 4) is 0 Å². The molecule has 0 fully saturated rings. The van der Waals surface area contributed by atoms with Gasteiger partial charge in [0.15, 0.2) is 0 Å². The summed E-state index contributed by atoms with van der Waals surface area (Å²) in [6.07, 6.45) is 4.51. The molecule has 7 heteroatoms. The van der Waals surface area contributed by atoms with Crippen LogP contribution in [0.3, 0.4) is 0 Å². The van der Waals surface area contributed by atoms with Crippen LogP contribution in [0.2, 0.25) is 0 Å². The number of H-pyrrole nitrogens is 1. The molecule has 0 amide bonds. The first-order chi connectivity index (χ1) is 9.24. The number of anilines is 1. The summed E-state index contributed by atoms with van der Waals surface area (Å²) in [4.78, 5) is 27.1. The Bertz CT molecular complexity index is 787. The number of aromatic amines is 1. The van der Waals surface area contributed by atoms with Crippen molar-refractivity contribution in [1.82, 2.24) is 19.9 Å². The van der Waals surface area contributed by atoms with E-state index in [9.17, 15) is 4.79 Å². The van der Waals surface area contributed by atoms with E-state index in [1.165, 1.54) is 24.4 Å². The van der Waals surface area contributed by atoms with Gasteiger partial charge in [0.05, 0.1) is 17.2 Å². The van der Waals surface area contributed by atoms with E-state index in [-0.39, 0.29) is 5.56 Å². The first-order valence-corrected chi connectivity index (χ1v) is 6.26. The second kappa shape index (κ2) is 4.69. The molecule has 2 heterocycles. The Kier molecular flexibility index (Phi) is 2.88. The topological polar surface area (TPSA) is 97.6 Å². The molecule has 1 aromatic carbocycles. The second-order valence-corrected chi connectivity index (χ2v) is 4.85. The minimum atomic E-state index is -0.199. The minimum absolute atomic E-state index is 0.199. The second-order valence-electron chi connectivity index (χ2n) is 3.79. The number of rotatable bonds is 2. The van der Waals surface area contributed by atoms with Gasteiger partial charge in [-0.2, -0.15) is 0 Å². The lowest BCUT2D eigenvalue weighted by Crippen LogP contribution is -2.07. The Hall–Kier alpha value is -2.41. The van der Waals surface area contributed by atoms with Crippen LogP contribution in [0, 0.1) is 0 Å². The molecule has 0 unspecified atom stereocenters. The Labute approximate surface area is 112 Å². The monoisotopic (exact) mass is 271 g/mol. The number of benzene rings is 1. The van der Waals surface area contributed by atoms with Crippen molar-refractivity contribution in [2.75, 3.05) is 5.73 Å². The first kappa shape index (κ1) is 11.7. The van der Waals surface area contributed by atoms with Crippen molar-refractivity contribution in [3.05, 3.63) is 47.4 Å². The van der Waals surface area contributed by atoms with Crippen molar-refractivity contribution in [2.45, 2.75) is 9.92 Å². The lowest BCUT2D eigenvalue weighted by Gasteiger charge is -2.05. The third-order valence-electron chi connectivity index (χ3n) is 2.54. The van der Waals surface area contributed by atoms with E-state index in [4.69, 9.17) is 5.73 Å². The molecular formula is C12H9N5OS. The molecule has 3 rings (SSSR count). The molecule has 2 aromatic heterocycles. The van der Waals surface area contributed by atoms with Gasteiger partial charge in [0, 0.05) is 16.8 Å². The Morgan fingerprint density at radius 3 is 2.95 bits per heavy atom. The predicted molar refractivity (Wildman–Crippen MR) is 72.9 cm³/mol. The van der Waals surface area contributed by atoms with E-state index in [1.54, 1.807) is 24.4 Å². The van der Waals surface area contributed by atoms with E-state index in [0.717, 1.165) is 9.92 Å². The fourth-order valence-corrected chi connectivity index (χ4v) is 2.45. The number of nitrogens with zero attached hydrogens (tertiary/aromatic N) is 3. The van der Waals surface area contributed by atoms with Crippen LogP contribution in [0.25, 0.3) is 10.9 Å². The maximum atomic E-state index is 11.6. The molecule has 0 atom stereocenters. The van der Waals surface area contributed by atoms with Crippen LogP contribution in [-0.4, -0.2) is 19.9 Å². The summed E-state index contributed by atoms with van der Waals surface area (Å²) in [6, 6.07) is 5.21. The minimum Gasteiger partial charge on any atom is -0.398 e. The molecule has 3 aromatic rings. The average molecular weight is 271 g/mol. The van der Waals surface area contributed by atoms with E-state index in [2.05, 4.69) is 19.9 Å². The molecule has 94 valence electrons. The normalized spacial score (nSPS) is 10.7. The molecular weight excluding hydrogens is 262 g/mol. The molecule has 3 N–H and O–H groups in total. The van der Waals surface area contributed by atoms with Crippen LogP contribution in [0.1, 0.15) is 0 Å². The van der Waals surface area contributed by atoms with E-state index >= 15 is 0 Å². The van der Waals surface area contributed by atoms with Gasteiger partial charge in [-0.05, 0) is 18.2 Å². The van der Waals surface area contributed by atoms with Gasteiger partial charge in [-0.25, -0.2) is 15.0 Å². The SMILES string of the molecule is Nc1cc2c(=O)[nH]cnc2cc1Sc1ccncn1. The van der Waals surface area contributed by atoms with E-state index in [0.29, 0.717) is 16.6 Å². The van der Waals surface area contributed by atoms with Gasteiger partial charge in [0.25, 0.3) is 5.56 Å². The summed E-state index contributed by atoms with van der Waals surface area (Å²) < 4.78 is 0. The fourth-order valence-electron chi connectivity index (χ4n) is 1.65. The van der Waals surface area contributed by atoms with Gasteiger partial charge in [0.2, 0.25) is 0 Å². The van der Waals surface area contributed by atoms with Gasteiger partial charge >= 0.3 is 0 Å². The third kappa shape index (κ3) is 2.27. The zero-order valence-electron chi connectivity index (χ0n) is 9.70. The molecule has 0 saturated heterocycles. The van der Waals surface area contributed by atoms with Crippen LogP contribution >= 0.6 is 11.8 Å². The van der Waals surface area contributed by atoms with E-state index < -0.39 is 0 Å². The highest BCUT2D eigenvalue weighted by Gasteiger charge is 2.07. The Morgan fingerprint density at radius 1 is 1.26 bits per heavy atom. The standard InChI is InChI=1S/C12H9N5OS/c13-8-3-7-9(15-6-17-12(7)18)4-10(8)19-11-1-2-14-5-16-11/h1-6H,13H2,(H,15,17,18). The molecule has 0 aliphatic rings. The number of nitrogens with two attached hydrogens (primary N) is 1. The molecule has 0 saturated carbocycles. The number of nitrogens with one attached hydrogen (secondary N) is 1. The molecule has 0 aliphatic heterocycles. The average Bonchev–Trinajstić information content (AvgIpc) is 2.42. The van der Waals surface area contributed by atoms with Crippen LogP contribution in [0.4, 0.5) is 5.69 Å². The summed E-state index contributed by atoms with van der Waals surface area (Å²) >= 11 is 1.41. The van der Waals surface area contributed by atoms with E-state index in [1.807, 2.05) is 0 Å². The summed E-state index contributed by atoms with van der Waals surface area (Å²) in [5.74, 6) is 0. The van der Waals surface area contributed by atoms with Crippen molar-refractivity contribution in [3.63, 3.8) is 0 Å². The highest BCUT2D eigenvalue weighted by Crippen LogP contribution is 2.32. The summed E-state index contributed by atoms with van der Waals surface area (Å²) in [5, 5.41) is 1.26. The maximum Gasteiger partial charge on any atom is 0.258 e. The summed E-state index contributed by atoms with van der Waals surface area (Å²) in [6.45, 7) is 0. The molecule has 0 radical (unpaired) electrons. The number of nitrogen functional groups attached to an aromatic ring is 1. The van der Waals surface area contributed by atoms with Crippen LogP contribution in [0.15, 0.2) is 51.8 Å². The van der Waals surface area contributed by atoms with Gasteiger partial charge < -0.3 is 10.7 Å². The Morgan fingerprint density at radius 2 is 2.16 bits per heavy atom. The van der Waals surface area contributed by atoms with Crippen LogP contribution in [-0.2, 0) is 0 Å². The zero-order chi connectivity index (χ0) is 13.2. The highest BCUT2D eigenvalue weighted by atomic mass is 32.2.